The van der Waals surface area contributed by atoms with Crippen LogP contribution in [-0.2, 0) is 5.41 Å². The summed E-state index contributed by atoms with van der Waals surface area (Å²) >= 11 is 0. The standard InChI is InChI=1S/C62H42N6O/c1-39-18-14-15-19-40-20-16-17-29-52(40)62(39)47-32-34-49-50-36-45(60-65-56(41-21-6-2-7-22-41)63-57(66-60)42-23-8-3-9-24-42)31-35-54(50)69-55(49)51(38-47)48-33-30-46(37-53(48)62)61-67-58(43-25-10-4-11-26-43)64-59(68-61)44-27-12-5-13-28-44/h2-29,31-38,46-47H,1,30H2/b18-14-,19-15-. The van der Waals surface area contributed by atoms with E-state index < -0.39 is 5.41 Å². The summed E-state index contributed by atoms with van der Waals surface area (Å²) in [7, 11) is 0. The van der Waals surface area contributed by atoms with Crippen molar-refractivity contribution in [2.24, 2.45) is 5.92 Å². The van der Waals surface area contributed by atoms with E-state index >= 15 is 0 Å². The maximum Gasteiger partial charge on any atom is 0.164 e. The Morgan fingerprint density at radius 2 is 1.04 bits per heavy atom. The molecule has 326 valence electrons. The predicted octanol–water partition coefficient (Wildman–Crippen LogP) is 14.3. The molecule has 4 aliphatic carbocycles. The van der Waals surface area contributed by atoms with Crippen molar-refractivity contribution < 1.29 is 4.42 Å². The number of fused-ring (bicyclic) bond motifs is 11. The number of hydrogen-bond acceptors (Lipinski definition) is 7. The highest BCUT2D eigenvalue weighted by Gasteiger charge is 2.51. The third kappa shape index (κ3) is 6.81. The van der Waals surface area contributed by atoms with Crippen molar-refractivity contribution in [1.29, 1.82) is 0 Å². The lowest BCUT2D eigenvalue weighted by Gasteiger charge is -2.48. The lowest BCUT2D eigenvalue weighted by molar-refractivity contribution is 0.502. The monoisotopic (exact) mass is 886 g/mol. The zero-order chi connectivity index (χ0) is 45.9. The molecule has 0 aliphatic heterocycles. The van der Waals surface area contributed by atoms with E-state index in [4.69, 9.17) is 40.9 Å². The molecule has 2 bridgehead atoms. The summed E-state index contributed by atoms with van der Waals surface area (Å²) in [5.41, 5.74) is 12.4. The Kier molecular flexibility index (Phi) is 9.61. The van der Waals surface area contributed by atoms with Gasteiger partial charge in [0.2, 0.25) is 0 Å². The third-order valence-corrected chi connectivity index (χ3v) is 13.8. The molecule has 6 aromatic carbocycles. The Balaban J connectivity index is 0.992. The molecule has 1 spiro atoms. The zero-order valence-corrected chi connectivity index (χ0v) is 37.4. The first kappa shape index (κ1) is 40.3. The minimum Gasteiger partial charge on any atom is -0.455 e. The molecule has 9 aromatic rings. The molecule has 0 N–H and O–H groups in total. The average Bonchev–Trinajstić information content (AvgIpc) is 3.70. The predicted molar refractivity (Wildman–Crippen MR) is 276 cm³/mol. The molecule has 13 rings (SSSR count). The summed E-state index contributed by atoms with van der Waals surface area (Å²) in [6.07, 6.45) is 21.1. The number of aromatic nitrogens is 6. The fraction of sp³-hybridized carbons (Fsp3) is 0.0645. The van der Waals surface area contributed by atoms with Crippen LogP contribution in [0.15, 0.2) is 234 Å². The molecule has 4 aliphatic rings. The van der Waals surface area contributed by atoms with Crippen molar-refractivity contribution in [3.05, 3.63) is 258 Å². The second-order valence-electron chi connectivity index (χ2n) is 17.8. The molecule has 0 amide bonds. The van der Waals surface area contributed by atoms with E-state index in [-0.39, 0.29) is 11.8 Å². The molecule has 3 atom stereocenters. The molecular weight excluding hydrogens is 845 g/mol. The minimum absolute atomic E-state index is 0.135. The van der Waals surface area contributed by atoms with Gasteiger partial charge in [-0.25, -0.2) is 29.9 Å². The second-order valence-corrected chi connectivity index (χ2v) is 17.8. The van der Waals surface area contributed by atoms with Gasteiger partial charge in [-0.05, 0) is 52.5 Å². The largest absolute Gasteiger partial charge is 0.455 e. The number of nitrogens with zero attached hydrogens (tertiary/aromatic N) is 6. The second kappa shape index (κ2) is 16.4. The number of benzene rings is 6. The molecule has 7 nitrogen and oxygen atoms in total. The summed E-state index contributed by atoms with van der Waals surface area (Å²) in [6.45, 7) is 4.92. The SMILES string of the molecule is C=C1/C=C\C=C/c2ccccc2C12C1=CC(c3nc(-c4ccccc4)nc(-c4ccccc4)n3)CC=C1C1=CC2C=Cc2c1oc1ccc(-c3nc(-c4ccccc4)nc(-c4ccccc4)n3)cc21. The molecule has 3 heterocycles. The van der Waals surface area contributed by atoms with Gasteiger partial charge in [0.25, 0.3) is 0 Å². The van der Waals surface area contributed by atoms with Gasteiger partial charge in [-0.15, -0.1) is 0 Å². The topological polar surface area (TPSA) is 90.5 Å². The normalized spacial score (nSPS) is 19.8. The van der Waals surface area contributed by atoms with Crippen LogP contribution in [0, 0.1) is 5.92 Å². The van der Waals surface area contributed by atoms with Crippen molar-refractivity contribution in [2.45, 2.75) is 17.8 Å². The van der Waals surface area contributed by atoms with Crippen molar-refractivity contribution in [1.82, 2.24) is 29.9 Å². The Labute approximate surface area is 399 Å². The lowest BCUT2D eigenvalue weighted by Crippen LogP contribution is -2.42. The Morgan fingerprint density at radius 1 is 0.507 bits per heavy atom. The maximum absolute atomic E-state index is 7.02. The van der Waals surface area contributed by atoms with Crippen LogP contribution in [0.2, 0.25) is 0 Å². The van der Waals surface area contributed by atoms with Crippen molar-refractivity contribution in [2.75, 3.05) is 0 Å². The first-order chi connectivity index (χ1) is 34.1. The van der Waals surface area contributed by atoms with E-state index in [2.05, 4.69) is 109 Å². The van der Waals surface area contributed by atoms with Gasteiger partial charge in [0.05, 0.1) is 5.41 Å². The lowest BCUT2D eigenvalue weighted by atomic mass is 9.54. The molecule has 0 saturated heterocycles. The van der Waals surface area contributed by atoms with Crippen LogP contribution < -0.4 is 0 Å². The Hall–Kier alpha value is -8.94. The summed E-state index contributed by atoms with van der Waals surface area (Å²) in [5, 5.41) is 0.982. The number of allylic oxidation sites excluding steroid dienone is 11. The number of hydrogen-bond donors (Lipinski definition) is 0. The zero-order valence-electron chi connectivity index (χ0n) is 37.4. The summed E-state index contributed by atoms with van der Waals surface area (Å²) in [6, 6.07) is 55.5. The van der Waals surface area contributed by atoms with Crippen molar-refractivity contribution in [3.8, 4) is 56.9 Å². The van der Waals surface area contributed by atoms with Crippen LogP contribution in [0.4, 0.5) is 0 Å². The minimum atomic E-state index is -0.684. The maximum atomic E-state index is 7.02. The summed E-state index contributed by atoms with van der Waals surface area (Å²) in [5.74, 6) is 4.37. The molecule has 0 radical (unpaired) electrons. The average molecular weight is 887 g/mol. The van der Waals surface area contributed by atoms with Gasteiger partial charge in [0, 0.05) is 56.2 Å². The highest BCUT2D eigenvalue weighted by Crippen LogP contribution is 2.60. The summed E-state index contributed by atoms with van der Waals surface area (Å²) in [4.78, 5) is 30.6. The van der Waals surface area contributed by atoms with Gasteiger partial charge in [0.15, 0.2) is 29.1 Å². The van der Waals surface area contributed by atoms with Crippen LogP contribution >= 0.6 is 0 Å². The van der Waals surface area contributed by atoms with Gasteiger partial charge in [-0.1, -0.05) is 207 Å². The first-order valence-corrected chi connectivity index (χ1v) is 23.4. The van der Waals surface area contributed by atoms with Gasteiger partial charge in [0.1, 0.15) is 17.2 Å². The van der Waals surface area contributed by atoms with E-state index in [1.54, 1.807) is 0 Å². The highest BCUT2D eigenvalue weighted by molar-refractivity contribution is 6.01. The van der Waals surface area contributed by atoms with E-state index in [1.165, 1.54) is 5.56 Å². The fourth-order valence-electron chi connectivity index (χ4n) is 10.6. The third-order valence-electron chi connectivity index (χ3n) is 13.8. The quantitative estimate of drug-likeness (QED) is 0.164. The Morgan fingerprint density at radius 3 is 1.65 bits per heavy atom. The van der Waals surface area contributed by atoms with E-state index in [1.807, 2.05) is 109 Å². The smallest absolute Gasteiger partial charge is 0.164 e. The molecular formula is C62H42N6O. The van der Waals surface area contributed by atoms with Crippen LogP contribution in [0.25, 0.3) is 85.6 Å². The number of rotatable bonds is 6. The molecule has 3 unspecified atom stereocenters. The van der Waals surface area contributed by atoms with Gasteiger partial charge in [-0.2, -0.15) is 0 Å². The summed E-state index contributed by atoms with van der Waals surface area (Å²) < 4.78 is 7.02. The van der Waals surface area contributed by atoms with E-state index in [0.29, 0.717) is 35.5 Å². The van der Waals surface area contributed by atoms with E-state index in [0.717, 1.165) is 83.8 Å². The first-order valence-electron chi connectivity index (χ1n) is 23.4. The highest BCUT2D eigenvalue weighted by atomic mass is 16.3. The van der Waals surface area contributed by atoms with Gasteiger partial charge in [-0.3, -0.25) is 0 Å². The Bertz CT molecular complexity index is 3600. The van der Waals surface area contributed by atoms with Crippen molar-refractivity contribution >= 4 is 28.7 Å². The van der Waals surface area contributed by atoms with Gasteiger partial charge < -0.3 is 4.42 Å². The van der Waals surface area contributed by atoms with Crippen LogP contribution in [0.1, 0.15) is 40.6 Å². The molecule has 7 heteroatoms. The van der Waals surface area contributed by atoms with Crippen LogP contribution in [-0.4, -0.2) is 29.9 Å². The molecule has 0 fully saturated rings. The van der Waals surface area contributed by atoms with Crippen molar-refractivity contribution in [3.63, 3.8) is 0 Å². The molecule has 3 aromatic heterocycles. The van der Waals surface area contributed by atoms with Crippen LogP contribution in [0.5, 0.6) is 0 Å². The molecule has 69 heavy (non-hydrogen) atoms. The van der Waals surface area contributed by atoms with Crippen LogP contribution in [0.3, 0.4) is 0 Å². The fourth-order valence-corrected chi connectivity index (χ4v) is 10.6. The molecule has 0 saturated carbocycles. The van der Waals surface area contributed by atoms with Gasteiger partial charge >= 0.3 is 0 Å². The van der Waals surface area contributed by atoms with E-state index in [9.17, 15) is 0 Å². The number of furan rings is 1.